The van der Waals surface area contributed by atoms with E-state index in [0.29, 0.717) is 12.2 Å². The lowest BCUT2D eigenvalue weighted by Crippen LogP contribution is -2.29. The molecule has 0 aliphatic rings. The summed E-state index contributed by atoms with van der Waals surface area (Å²) < 4.78 is 0. The van der Waals surface area contributed by atoms with Gasteiger partial charge in [0, 0.05) is 24.2 Å². The summed E-state index contributed by atoms with van der Waals surface area (Å²) in [7, 11) is 0. The molecule has 1 heterocycles. The highest BCUT2D eigenvalue weighted by atomic mass is 16.1. The third kappa shape index (κ3) is 2.84. The third-order valence-corrected chi connectivity index (χ3v) is 2.77. The molecule has 1 aromatic heterocycles. The minimum atomic E-state index is -0.146. The zero-order valence-corrected chi connectivity index (χ0v) is 10.4. The second kappa shape index (κ2) is 5.60. The van der Waals surface area contributed by atoms with Gasteiger partial charge in [0.05, 0.1) is 0 Å². The van der Waals surface area contributed by atoms with Crippen molar-refractivity contribution in [1.29, 1.82) is 0 Å². The van der Waals surface area contributed by atoms with Gasteiger partial charge in [-0.3, -0.25) is 9.78 Å². The summed E-state index contributed by atoms with van der Waals surface area (Å²) in [5.41, 5.74) is 6.11. The van der Waals surface area contributed by atoms with Gasteiger partial charge in [-0.1, -0.05) is 24.3 Å². The predicted octanol–water partition coefficient (Wildman–Crippen LogP) is 1.70. The van der Waals surface area contributed by atoms with Crippen LogP contribution >= 0.6 is 0 Å². The molecule has 0 aliphatic carbocycles. The number of amides is 1. The van der Waals surface area contributed by atoms with Crippen molar-refractivity contribution in [3.05, 3.63) is 42.2 Å². The molecule has 0 bridgehead atoms. The fraction of sp³-hybridized carbons (Fsp3) is 0.286. The Balaban J connectivity index is 2.17. The fourth-order valence-electron chi connectivity index (χ4n) is 1.80. The van der Waals surface area contributed by atoms with E-state index in [1.54, 1.807) is 6.20 Å². The van der Waals surface area contributed by atoms with Gasteiger partial charge in [-0.05, 0) is 24.8 Å². The van der Waals surface area contributed by atoms with Crippen molar-refractivity contribution in [2.24, 2.45) is 5.73 Å². The van der Waals surface area contributed by atoms with Crippen LogP contribution in [0.5, 0.6) is 0 Å². The normalized spacial score (nSPS) is 12.3. The van der Waals surface area contributed by atoms with Crippen molar-refractivity contribution in [1.82, 2.24) is 10.3 Å². The Labute approximate surface area is 106 Å². The SMILES string of the molecule is CC(N)CCNC(=O)c1nccc2ccccc12. The molecule has 2 rings (SSSR count). The van der Waals surface area contributed by atoms with E-state index >= 15 is 0 Å². The third-order valence-electron chi connectivity index (χ3n) is 2.77. The maximum atomic E-state index is 12.0. The standard InChI is InChI=1S/C14H17N3O/c1-10(15)6-8-17-14(18)13-12-5-3-2-4-11(12)7-9-16-13/h2-5,7,9-10H,6,8,15H2,1H3,(H,17,18). The first-order valence-corrected chi connectivity index (χ1v) is 6.06. The average Bonchev–Trinajstić information content (AvgIpc) is 2.37. The predicted molar refractivity (Wildman–Crippen MR) is 72.3 cm³/mol. The number of aromatic nitrogens is 1. The summed E-state index contributed by atoms with van der Waals surface area (Å²) in [6.07, 6.45) is 2.42. The number of hydrogen-bond donors (Lipinski definition) is 2. The molecule has 1 atom stereocenters. The van der Waals surface area contributed by atoms with Crippen molar-refractivity contribution >= 4 is 16.7 Å². The molecule has 0 radical (unpaired) electrons. The Morgan fingerprint density at radius 1 is 1.39 bits per heavy atom. The molecule has 3 N–H and O–H groups in total. The van der Waals surface area contributed by atoms with Crippen molar-refractivity contribution in [2.45, 2.75) is 19.4 Å². The molecule has 0 saturated carbocycles. The van der Waals surface area contributed by atoms with Crippen LogP contribution in [-0.4, -0.2) is 23.5 Å². The Bertz CT molecular complexity index is 546. The number of nitrogens with two attached hydrogens (primary N) is 1. The molecular weight excluding hydrogens is 226 g/mol. The van der Waals surface area contributed by atoms with Gasteiger partial charge in [0.25, 0.3) is 5.91 Å². The Morgan fingerprint density at radius 2 is 2.17 bits per heavy atom. The molecule has 0 saturated heterocycles. The van der Waals surface area contributed by atoms with Crippen molar-refractivity contribution in [3.63, 3.8) is 0 Å². The van der Waals surface area contributed by atoms with E-state index in [-0.39, 0.29) is 11.9 Å². The summed E-state index contributed by atoms with van der Waals surface area (Å²) >= 11 is 0. The maximum Gasteiger partial charge on any atom is 0.270 e. The first-order valence-electron chi connectivity index (χ1n) is 6.06. The molecule has 18 heavy (non-hydrogen) atoms. The number of carbonyl (C=O) groups is 1. The largest absolute Gasteiger partial charge is 0.351 e. The van der Waals surface area contributed by atoms with Crippen LogP contribution < -0.4 is 11.1 Å². The van der Waals surface area contributed by atoms with Gasteiger partial charge >= 0.3 is 0 Å². The smallest absolute Gasteiger partial charge is 0.270 e. The molecule has 4 heteroatoms. The van der Waals surface area contributed by atoms with E-state index in [0.717, 1.165) is 17.2 Å². The molecule has 1 unspecified atom stereocenters. The summed E-state index contributed by atoms with van der Waals surface area (Å²) in [5, 5.41) is 4.73. The second-order valence-electron chi connectivity index (χ2n) is 4.40. The number of rotatable bonds is 4. The van der Waals surface area contributed by atoms with Crippen LogP contribution in [0.4, 0.5) is 0 Å². The minimum absolute atomic E-state index is 0.0887. The first-order chi connectivity index (χ1) is 8.68. The van der Waals surface area contributed by atoms with E-state index in [2.05, 4.69) is 10.3 Å². The first kappa shape index (κ1) is 12.5. The highest BCUT2D eigenvalue weighted by Gasteiger charge is 2.10. The van der Waals surface area contributed by atoms with Gasteiger partial charge in [-0.25, -0.2) is 0 Å². The zero-order valence-electron chi connectivity index (χ0n) is 10.4. The Kier molecular flexibility index (Phi) is 3.89. The van der Waals surface area contributed by atoms with Gasteiger partial charge in [-0.15, -0.1) is 0 Å². The molecule has 0 spiro atoms. The van der Waals surface area contributed by atoms with Gasteiger partial charge in [0.2, 0.25) is 0 Å². The van der Waals surface area contributed by atoms with E-state index < -0.39 is 0 Å². The van der Waals surface area contributed by atoms with Crippen LogP contribution in [0.3, 0.4) is 0 Å². The number of benzene rings is 1. The van der Waals surface area contributed by atoms with E-state index in [1.807, 2.05) is 37.3 Å². The quantitative estimate of drug-likeness (QED) is 0.858. The van der Waals surface area contributed by atoms with Crippen molar-refractivity contribution < 1.29 is 4.79 Å². The average molecular weight is 243 g/mol. The van der Waals surface area contributed by atoms with E-state index in [4.69, 9.17) is 5.73 Å². The number of nitrogens with one attached hydrogen (secondary N) is 1. The zero-order chi connectivity index (χ0) is 13.0. The van der Waals surface area contributed by atoms with E-state index in [1.165, 1.54) is 0 Å². The fourth-order valence-corrected chi connectivity index (χ4v) is 1.80. The number of carbonyl (C=O) groups excluding carboxylic acids is 1. The Hall–Kier alpha value is -1.94. The molecule has 2 aromatic rings. The molecule has 0 fully saturated rings. The second-order valence-corrected chi connectivity index (χ2v) is 4.40. The molecule has 4 nitrogen and oxygen atoms in total. The number of pyridine rings is 1. The number of hydrogen-bond acceptors (Lipinski definition) is 3. The highest BCUT2D eigenvalue weighted by Crippen LogP contribution is 2.15. The van der Waals surface area contributed by atoms with Gasteiger partial charge in [0.15, 0.2) is 0 Å². The van der Waals surface area contributed by atoms with Crippen LogP contribution in [0.15, 0.2) is 36.5 Å². The van der Waals surface area contributed by atoms with Crippen LogP contribution in [0, 0.1) is 0 Å². The summed E-state index contributed by atoms with van der Waals surface area (Å²) in [5.74, 6) is -0.146. The topological polar surface area (TPSA) is 68.0 Å². The molecule has 1 aromatic carbocycles. The van der Waals surface area contributed by atoms with Crippen molar-refractivity contribution in [3.8, 4) is 0 Å². The summed E-state index contributed by atoms with van der Waals surface area (Å²) in [4.78, 5) is 16.2. The highest BCUT2D eigenvalue weighted by molar-refractivity contribution is 6.05. The van der Waals surface area contributed by atoms with Gasteiger partial charge < -0.3 is 11.1 Å². The summed E-state index contributed by atoms with van der Waals surface area (Å²) in [6.45, 7) is 2.49. The molecule has 94 valence electrons. The van der Waals surface area contributed by atoms with Crippen molar-refractivity contribution in [2.75, 3.05) is 6.54 Å². The lowest BCUT2D eigenvalue weighted by Gasteiger charge is -2.08. The van der Waals surface area contributed by atoms with Crippen LogP contribution in [0.25, 0.3) is 10.8 Å². The number of fused-ring (bicyclic) bond motifs is 1. The van der Waals surface area contributed by atoms with Crippen LogP contribution in [0.2, 0.25) is 0 Å². The minimum Gasteiger partial charge on any atom is -0.351 e. The van der Waals surface area contributed by atoms with E-state index in [9.17, 15) is 4.79 Å². The molecule has 1 amide bonds. The van der Waals surface area contributed by atoms with Gasteiger partial charge in [0.1, 0.15) is 5.69 Å². The van der Waals surface area contributed by atoms with Gasteiger partial charge in [-0.2, -0.15) is 0 Å². The maximum absolute atomic E-state index is 12.0. The molecule has 0 aliphatic heterocycles. The lowest BCUT2D eigenvalue weighted by atomic mass is 10.1. The summed E-state index contributed by atoms with van der Waals surface area (Å²) in [6, 6.07) is 9.71. The monoisotopic (exact) mass is 243 g/mol. The number of nitrogens with zero attached hydrogens (tertiary/aromatic N) is 1. The molecular formula is C14H17N3O. The van der Waals surface area contributed by atoms with Crippen LogP contribution in [0.1, 0.15) is 23.8 Å². The lowest BCUT2D eigenvalue weighted by molar-refractivity contribution is 0.0949. The van der Waals surface area contributed by atoms with Crippen LogP contribution in [-0.2, 0) is 0 Å². The Morgan fingerprint density at radius 3 is 2.94 bits per heavy atom.